The fourth-order valence-electron chi connectivity index (χ4n) is 1.36. The largest absolute Gasteiger partial charge is 0.416 e. The molecule has 15 heavy (non-hydrogen) atoms. The third-order valence-corrected chi connectivity index (χ3v) is 2.16. The average Bonchev–Trinajstić information content (AvgIpc) is 2.15. The van der Waals surface area contributed by atoms with Crippen molar-refractivity contribution in [2.45, 2.75) is 25.9 Å². The van der Waals surface area contributed by atoms with Crippen LogP contribution in [-0.2, 0) is 6.18 Å². The van der Waals surface area contributed by atoms with Crippen molar-refractivity contribution in [3.63, 3.8) is 0 Å². The van der Waals surface area contributed by atoms with Crippen LogP contribution in [0.5, 0.6) is 0 Å². The van der Waals surface area contributed by atoms with Crippen LogP contribution < -0.4 is 0 Å². The van der Waals surface area contributed by atoms with E-state index in [-0.39, 0.29) is 5.92 Å². The molecule has 0 spiro atoms. The summed E-state index contributed by atoms with van der Waals surface area (Å²) >= 11 is 0. The number of carbonyl (C=O) groups is 1. The summed E-state index contributed by atoms with van der Waals surface area (Å²) in [6.07, 6.45) is -3.78. The van der Waals surface area contributed by atoms with Crippen LogP contribution in [0.25, 0.3) is 0 Å². The molecule has 1 aromatic carbocycles. The van der Waals surface area contributed by atoms with E-state index in [2.05, 4.69) is 0 Å². The predicted molar refractivity (Wildman–Crippen MR) is 50.9 cm³/mol. The molecular formula is C11H11F3O. The molecule has 0 heterocycles. The second-order valence-corrected chi connectivity index (χ2v) is 3.61. The van der Waals surface area contributed by atoms with Crippen LogP contribution >= 0.6 is 0 Å². The van der Waals surface area contributed by atoms with E-state index in [1.165, 1.54) is 6.07 Å². The van der Waals surface area contributed by atoms with E-state index < -0.39 is 11.7 Å². The van der Waals surface area contributed by atoms with Gasteiger partial charge < -0.3 is 0 Å². The molecule has 0 radical (unpaired) electrons. The van der Waals surface area contributed by atoms with Gasteiger partial charge in [0.2, 0.25) is 0 Å². The molecule has 0 saturated heterocycles. The molecule has 0 saturated carbocycles. The zero-order valence-electron chi connectivity index (χ0n) is 8.43. The molecule has 0 fully saturated rings. The minimum Gasteiger partial charge on any atom is -0.298 e. The van der Waals surface area contributed by atoms with Gasteiger partial charge in [0, 0.05) is 5.56 Å². The minimum atomic E-state index is -4.36. The van der Waals surface area contributed by atoms with Crippen molar-refractivity contribution in [1.29, 1.82) is 0 Å². The van der Waals surface area contributed by atoms with Gasteiger partial charge in [-0.3, -0.25) is 4.79 Å². The summed E-state index contributed by atoms with van der Waals surface area (Å²) in [5.74, 6) is -0.104. The molecule has 82 valence electrons. The molecule has 1 aromatic rings. The van der Waals surface area contributed by atoms with Gasteiger partial charge in [0.05, 0.1) is 5.56 Å². The summed E-state index contributed by atoms with van der Waals surface area (Å²) in [6, 6.07) is 3.18. The molecule has 0 aromatic heterocycles. The maximum absolute atomic E-state index is 12.4. The molecule has 0 N–H and O–H groups in total. The Morgan fingerprint density at radius 1 is 1.27 bits per heavy atom. The van der Waals surface area contributed by atoms with Crippen LogP contribution in [0.15, 0.2) is 18.2 Å². The summed E-state index contributed by atoms with van der Waals surface area (Å²) in [5.41, 5.74) is 0.0367. The molecule has 0 atom stereocenters. The van der Waals surface area contributed by atoms with Crippen LogP contribution in [0.2, 0.25) is 0 Å². The standard InChI is InChI=1S/C11H11F3O/c1-7(2)10-5-9(11(12,13)14)4-3-8(10)6-15/h3-7H,1-2H3. The zero-order valence-corrected chi connectivity index (χ0v) is 8.43. The van der Waals surface area contributed by atoms with E-state index in [4.69, 9.17) is 0 Å². The van der Waals surface area contributed by atoms with Gasteiger partial charge in [-0.1, -0.05) is 19.9 Å². The first-order valence-corrected chi connectivity index (χ1v) is 4.52. The van der Waals surface area contributed by atoms with E-state index >= 15 is 0 Å². The molecule has 1 nitrogen and oxygen atoms in total. The number of halogens is 3. The maximum Gasteiger partial charge on any atom is 0.416 e. The Balaban J connectivity index is 3.28. The lowest BCUT2D eigenvalue weighted by atomic mass is 9.95. The van der Waals surface area contributed by atoms with Crippen LogP contribution in [0.4, 0.5) is 13.2 Å². The zero-order chi connectivity index (χ0) is 11.6. The fraction of sp³-hybridized carbons (Fsp3) is 0.364. The Hall–Kier alpha value is -1.32. The van der Waals surface area contributed by atoms with Gasteiger partial charge in [-0.15, -0.1) is 0 Å². The van der Waals surface area contributed by atoms with Gasteiger partial charge in [-0.25, -0.2) is 0 Å². The summed E-state index contributed by atoms with van der Waals surface area (Å²) in [7, 11) is 0. The van der Waals surface area contributed by atoms with Crippen LogP contribution in [0.3, 0.4) is 0 Å². The molecule has 0 unspecified atom stereocenters. The SMILES string of the molecule is CC(C)c1cc(C(F)(F)F)ccc1C=O. The molecule has 1 rings (SSSR count). The van der Waals surface area contributed by atoms with Crippen molar-refractivity contribution in [2.75, 3.05) is 0 Å². The van der Waals surface area contributed by atoms with Crippen molar-refractivity contribution >= 4 is 6.29 Å². The number of aldehydes is 1. The first-order chi connectivity index (χ1) is 6.86. The molecule has 0 aliphatic heterocycles. The normalized spacial score (nSPS) is 11.9. The number of alkyl halides is 3. The van der Waals surface area contributed by atoms with E-state index in [1.54, 1.807) is 13.8 Å². The van der Waals surface area contributed by atoms with E-state index in [1.807, 2.05) is 0 Å². The van der Waals surface area contributed by atoms with Gasteiger partial charge in [0.15, 0.2) is 0 Å². The number of rotatable bonds is 2. The first kappa shape index (κ1) is 11.8. The van der Waals surface area contributed by atoms with Crippen LogP contribution in [0.1, 0.15) is 41.3 Å². The van der Waals surface area contributed by atoms with Gasteiger partial charge in [0.1, 0.15) is 6.29 Å². The Morgan fingerprint density at radius 2 is 1.87 bits per heavy atom. The van der Waals surface area contributed by atoms with Gasteiger partial charge >= 0.3 is 6.18 Å². The Kier molecular flexibility index (Phi) is 3.17. The van der Waals surface area contributed by atoms with Gasteiger partial charge in [-0.2, -0.15) is 13.2 Å². The molecular weight excluding hydrogens is 205 g/mol. The fourth-order valence-corrected chi connectivity index (χ4v) is 1.36. The van der Waals surface area contributed by atoms with E-state index in [9.17, 15) is 18.0 Å². The Bertz CT molecular complexity index is 367. The Morgan fingerprint density at radius 3 is 2.27 bits per heavy atom. The lowest BCUT2D eigenvalue weighted by Crippen LogP contribution is -2.07. The maximum atomic E-state index is 12.4. The van der Waals surface area contributed by atoms with Gasteiger partial charge in [-0.05, 0) is 23.6 Å². The summed E-state index contributed by atoms with van der Waals surface area (Å²) in [4.78, 5) is 10.6. The highest BCUT2D eigenvalue weighted by Gasteiger charge is 2.31. The number of benzene rings is 1. The quantitative estimate of drug-likeness (QED) is 0.690. The first-order valence-electron chi connectivity index (χ1n) is 4.52. The smallest absolute Gasteiger partial charge is 0.298 e. The molecule has 0 aliphatic rings. The molecule has 0 aliphatic carbocycles. The van der Waals surface area contributed by atoms with E-state index in [0.717, 1.165) is 12.1 Å². The average molecular weight is 216 g/mol. The summed E-state index contributed by atoms with van der Waals surface area (Å²) in [5, 5.41) is 0. The lowest BCUT2D eigenvalue weighted by molar-refractivity contribution is -0.137. The summed E-state index contributed by atoms with van der Waals surface area (Å²) < 4.78 is 37.1. The van der Waals surface area contributed by atoms with Crippen molar-refractivity contribution in [2.24, 2.45) is 0 Å². The lowest BCUT2D eigenvalue weighted by Gasteiger charge is -2.12. The van der Waals surface area contributed by atoms with Crippen LogP contribution in [-0.4, -0.2) is 6.29 Å². The Labute approximate surface area is 85.9 Å². The number of carbonyl (C=O) groups excluding carboxylic acids is 1. The van der Waals surface area contributed by atoms with Crippen molar-refractivity contribution < 1.29 is 18.0 Å². The van der Waals surface area contributed by atoms with Crippen LogP contribution in [0, 0.1) is 0 Å². The molecule has 4 heteroatoms. The second kappa shape index (κ2) is 4.04. The third kappa shape index (κ3) is 2.58. The minimum absolute atomic E-state index is 0.104. The topological polar surface area (TPSA) is 17.1 Å². The monoisotopic (exact) mass is 216 g/mol. The van der Waals surface area contributed by atoms with Crippen molar-refractivity contribution in [3.8, 4) is 0 Å². The highest BCUT2D eigenvalue weighted by molar-refractivity contribution is 5.77. The summed E-state index contributed by atoms with van der Waals surface area (Å²) in [6.45, 7) is 3.50. The predicted octanol–water partition coefficient (Wildman–Crippen LogP) is 3.64. The number of hydrogen-bond donors (Lipinski definition) is 0. The number of hydrogen-bond acceptors (Lipinski definition) is 1. The van der Waals surface area contributed by atoms with E-state index in [0.29, 0.717) is 17.4 Å². The highest BCUT2D eigenvalue weighted by Crippen LogP contribution is 2.32. The second-order valence-electron chi connectivity index (χ2n) is 3.61. The third-order valence-electron chi connectivity index (χ3n) is 2.16. The molecule has 0 amide bonds. The van der Waals surface area contributed by atoms with Crippen molar-refractivity contribution in [3.05, 3.63) is 34.9 Å². The van der Waals surface area contributed by atoms with Gasteiger partial charge in [0.25, 0.3) is 0 Å². The molecule has 0 bridgehead atoms. The van der Waals surface area contributed by atoms with Crippen molar-refractivity contribution in [1.82, 2.24) is 0 Å². The highest BCUT2D eigenvalue weighted by atomic mass is 19.4.